The number of carboxylic acids is 1. The number of pyridine rings is 1. The minimum Gasteiger partial charge on any atom is -0.478 e. The zero-order valence-corrected chi connectivity index (χ0v) is 8.40. The highest BCUT2D eigenvalue weighted by molar-refractivity contribution is 6.33. The van der Waals surface area contributed by atoms with E-state index >= 15 is 0 Å². The van der Waals surface area contributed by atoms with Crippen molar-refractivity contribution in [2.75, 3.05) is 13.2 Å². The van der Waals surface area contributed by atoms with Crippen LogP contribution in [0, 0.1) is 0 Å². The van der Waals surface area contributed by atoms with Gasteiger partial charge in [0.1, 0.15) is 6.10 Å². The molecule has 5 nitrogen and oxygen atoms in total. The van der Waals surface area contributed by atoms with Crippen molar-refractivity contribution in [2.45, 2.75) is 6.10 Å². The molecule has 1 aromatic rings. The predicted molar refractivity (Wildman–Crippen MR) is 51.4 cm³/mol. The Morgan fingerprint density at radius 1 is 1.67 bits per heavy atom. The van der Waals surface area contributed by atoms with E-state index < -0.39 is 5.97 Å². The van der Waals surface area contributed by atoms with E-state index in [1.54, 1.807) is 0 Å². The molecule has 1 aliphatic rings. The van der Waals surface area contributed by atoms with Gasteiger partial charge in [0.25, 0.3) is 0 Å². The molecular formula is C9H8ClNO4. The van der Waals surface area contributed by atoms with Gasteiger partial charge in [-0.3, -0.25) is 0 Å². The highest BCUT2D eigenvalue weighted by Gasteiger charge is 2.21. The van der Waals surface area contributed by atoms with Crippen LogP contribution in [0.2, 0.25) is 5.02 Å². The van der Waals surface area contributed by atoms with Gasteiger partial charge >= 0.3 is 5.97 Å². The lowest BCUT2D eigenvalue weighted by atomic mass is 10.2. The number of aromatic carboxylic acids is 1. The predicted octanol–water partition coefficient (Wildman–Crippen LogP) is 1.21. The first-order chi connectivity index (χ1) is 7.16. The second-order valence-corrected chi connectivity index (χ2v) is 3.49. The third kappa shape index (κ3) is 2.19. The van der Waals surface area contributed by atoms with E-state index in [2.05, 4.69) is 4.98 Å². The van der Waals surface area contributed by atoms with E-state index in [4.69, 9.17) is 26.2 Å². The fraction of sp³-hybridized carbons (Fsp3) is 0.333. The van der Waals surface area contributed by atoms with E-state index in [9.17, 15) is 4.79 Å². The Kier molecular flexibility index (Phi) is 2.75. The van der Waals surface area contributed by atoms with Crippen LogP contribution in [-0.2, 0) is 4.74 Å². The minimum atomic E-state index is -1.10. The number of ether oxygens (including phenoxy) is 2. The summed E-state index contributed by atoms with van der Waals surface area (Å²) in [5.74, 6) is -0.845. The molecule has 1 aliphatic heterocycles. The summed E-state index contributed by atoms with van der Waals surface area (Å²) < 4.78 is 10.3. The third-order valence-corrected chi connectivity index (χ3v) is 2.26. The molecule has 2 rings (SSSR count). The highest BCUT2D eigenvalue weighted by atomic mass is 35.5. The molecule has 0 saturated carbocycles. The van der Waals surface area contributed by atoms with Crippen molar-refractivity contribution in [1.82, 2.24) is 4.98 Å². The fourth-order valence-corrected chi connectivity index (χ4v) is 1.28. The first kappa shape index (κ1) is 10.2. The third-order valence-electron chi connectivity index (χ3n) is 1.96. The number of hydrogen-bond donors (Lipinski definition) is 1. The van der Waals surface area contributed by atoms with E-state index in [0.717, 1.165) is 0 Å². The standard InChI is InChI=1S/C9H8ClNO4/c10-7-2-11-8(1-6(7)9(12)13)15-5-3-14-4-5/h1-2,5H,3-4H2,(H,12,13). The van der Waals surface area contributed by atoms with Crippen molar-refractivity contribution in [3.63, 3.8) is 0 Å². The second-order valence-electron chi connectivity index (χ2n) is 3.08. The molecule has 1 N–H and O–H groups in total. The number of aromatic nitrogens is 1. The summed E-state index contributed by atoms with van der Waals surface area (Å²) in [5, 5.41) is 8.90. The molecular weight excluding hydrogens is 222 g/mol. The average Bonchev–Trinajstić information content (AvgIpc) is 2.13. The van der Waals surface area contributed by atoms with Gasteiger partial charge in [-0.2, -0.15) is 0 Å². The quantitative estimate of drug-likeness (QED) is 0.844. The van der Waals surface area contributed by atoms with Gasteiger partial charge in [0.15, 0.2) is 0 Å². The summed E-state index contributed by atoms with van der Waals surface area (Å²) in [5.41, 5.74) is -0.0121. The number of carbonyl (C=O) groups is 1. The Morgan fingerprint density at radius 3 is 2.93 bits per heavy atom. The Hall–Kier alpha value is -1.33. The molecule has 0 atom stereocenters. The molecule has 0 bridgehead atoms. The Labute approximate surface area is 90.6 Å². The summed E-state index contributed by atoms with van der Waals surface area (Å²) in [6.45, 7) is 1.01. The minimum absolute atomic E-state index is 0.0121. The van der Waals surface area contributed by atoms with Gasteiger partial charge in [0.2, 0.25) is 5.88 Å². The van der Waals surface area contributed by atoms with Crippen LogP contribution in [0.1, 0.15) is 10.4 Å². The molecule has 0 spiro atoms. The maximum atomic E-state index is 10.8. The number of hydrogen-bond acceptors (Lipinski definition) is 4. The molecule has 0 unspecified atom stereocenters. The van der Waals surface area contributed by atoms with E-state index in [1.165, 1.54) is 12.3 Å². The van der Waals surface area contributed by atoms with Crippen molar-refractivity contribution in [3.05, 3.63) is 22.8 Å². The van der Waals surface area contributed by atoms with Crippen LogP contribution >= 0.6 is 11.6 Å². The largest absolute Gasteiger partial charge is 0.478 e. The summed E-state index contributed by atoms with van der Waals surface area (Å²) in [6.07, 6.45) is 1.22. The van der Waals surface area contributed by atoms with Crippen LogP contribution in [0.3, 0.4) is 0 Å². The summed E-state index contributed by atoms with van der Waals surface area (Å²) in [7, 11) is 0. The lowest BCUT2D eigenvalue weighted by Gasteiger charge is -2.26. The van der Waals surface area contributed by atoms with Crippen LogP contribution in [0.5, 0.6) is 5.88 Å². The number of nitrogens with zero attached hydrogens (tertiary/aromatic N) is 1. The van der Waals surface area contributed by atoms with Crippen molar-refractivity contribution in [2.24, 2.45) is 0 Å². The summed E-state index contributed by atoms with van der Waals surface area (Å²) >= 11 is 5.65. The molecule has 0 aromatic carbocycles. The average molecular weight is 230 g/mol. The molecule has 15 heavy (non-hydrogen) atoms. The zero-order chi connectivity index (χ0) is 10.8. The number of halogens is 1. The molecule has 0 radical (unpaired) electrons. The zero-order valence-electron chi connectivity index (χ0n) is 7.64. The van der Waals surface area contributed by atoms with Gasteiger partial charge in [-0.15, -0.1) is 0 Å². The Morgan fingerprint density at radius 2 is 2.40 bits per heavy atom. The highest BCUT2D eigenvalue weighted by Crippen LogP contribution is 2.21. The molecule has 2 heterocycles. The van der Waals surface area contributed by atoms with E-state index in [0.29, 0.717) is 13.2 Å². The van der Waals surface area contributed by atoms with E-state index in [-0.39, 0.29) is 22.6 Å². The maximum Gasteiger partial charge on any atom is 0.337 e. The lowest BCUT2D eigenvalue weighted by molar-refractivity contribution is -0.0813. The van der Waals surface area contributed by atoms with Crippen LogP contribution in [0.4, 0.5) is 0 Å². The van der Waals surface area contributed by atoms with Gasteiger partial charge in [-0.05, 0) is 0 Å². The van der Waals surface area contributed by atoms with Gasteiger partial charge in [0.05, 0.1) is 30.0 Å². The molecule has 6 heteroatoms. The summed E-state index contributed by atoms with van der Waals surface area (Å²) in [4.78, 5) is 14.6. The second kappa shape index (κ2) is 4.04. The van der Waals surface area contributed by atoms with Gasteiger partial charge in [-0.1, -0.05) is 11.6 Å². The normalized spacial score (nSPS) is 15.8. The van der Waals surface area contributed by atoms with Crippen LogP contribution < -0.4 is 4.74 Å². The fourth-order valence-electron chi connectivity index (χ4n) is 1.10. The molecule has 1 fully saturated rings. The Bertz CT molecular complexity index is 392. The summed E-state index contributed by atoms with van der Waals surface area (Å²) in [6, 6.07) is 1.31. The topological polar surface area (TPSA) is 68.7 Å². The monoisotopic (exact) mass is 229 g/mol. The molecule has 0 aliphatic carbocycles. The van der Waals surface area contributed by atoms with Crippen LogP contribution in [0.15, 0.2) is 12.3 Å². The SMILES string of the molecule is O=C(O)c1cc(OC2COC2)ncc1Cl. The molecule has 0 amide bonds. The number of rotatable bonds is 3. The van der Waals surface area contributed by atoms with Crippen molar-refractivity contribution in [3.8, 4) is 5.88 Å². The van der Waals surface area contributed by atoms with Crippen molar-refractivity contribution >= 4 is 17.6 Å². The first-order valence-electron chi connectivity index (χ1n) is 4.30. The molecule has 1 saturated heterocycles. The van der Waals surface area contributed by atoms with Gasteiger partial charge < -0.3 is 14.6 Å². The molecule has 1 aromatic heterocycles. The van der Waals surface area contributed by atoms with Gasteiger partial charge in [0, 0.05) is 6.07 Å². The first-order valence-corrected chi connectivity index (χ1v) is 4.68. The lowest BCUT2D eigenvalue weighted by Crippen LogP contribution is -2.38. The Balaban J connectivity index is 2.17. The smallest absolute Gasteiger partial charge is 0.337 e. The van der Waals surface area contributed by atoms with E-state index in [1.807, 2.05) is 0 Å². The van der Waals surface area contributed by atoms with Crippen molar-refractivity contribution < 1.29 is 19.4 Å². The van der Waals surface area contributed by atoms with Crippen molar-refractivity contribution in [1.29, 1.82) is 0 Å². The molecule has 80 valence electrons. The number of carboxylic acid groups (broad SMARTS) is 1. The van der Waals surface area contributed by atoms with Gasteiger partial charge in [-0.25, -0.2) is 9.78 Å². The van der Waals surface area contributed by atoms with Crippen LogP contribution in [0.25, 0.3) is 0 Å². The maximum absolute atomic E-state index is 10.8. The van der Waals surface area contributed by atoms with Crippen LogP contribution in [-0.4, -0.2) is 35.4 Å².